The minimum atomic E-state index is -1.19. The summed E-state index contributed by atoms with van der Waals surface area (Å²) >= 11 is 0. The summed E-state index contributed by atoms with van der Waals surface area (Å²) in [6.45, 7) is -0.160. The van der Waals surface area contributed by atoms with Crippen LogP contribution in [-0.4, -0.2) is 27.7 Å². The Kier molecular flexibility index (Phi) is 3.75. The summed E-state index contributed by atoms with van der Waals surface area (Å²) < 4.78 is 13.7. The molecule has 6 nitrogen and oxygen atoms in total. The van der Waals surface area contributed by atoms with Crippen molar-refractivity contribution in [3.8, 4) is 6.07 Å². The number of amides is 1. The van der Waals surface area contributed by atoms with E-state index in [2.05, 4.69) is 5.10 Å². The lowest BCUT2D eigenvalue weighted by Gasteiger charge is -2.22. The number of nitriles is 1. The SMILES string of the molecule is N#Cc1ccc(CN2N=C(C(=O)O)CCC2=O)c(F)c1. The van der Waals surface area contributed by atoms with Gasteiger partial charge < -0.3 is 5.11 Å². The molecule has 1 heterocycles. The van der Waals surface area contributed by atoms with Crippen molar-refractivity contribution in [2.45, 2.75) is 19.4 Å². The first-order chi connectivity index (χ1) is 9.51. The number of hydrazone groups is 1. The van der Waals surface area contributed by atoms with Crippen LogP contribution < -0.4 is 0 Å². The number of nitrogens with zero attached hydrogens (tertiary/aromatic N) is 3. The van der Waals surface area contributed by atoms with Gasteiger partial charge in [-0.15, -0.1) is 0 Å². The molecule has 0 aromatic heterocycles. The molecule has 0 spiro atoms. The van der Waals surface area contributed by atoms with Crippen molar-refractivity contribution in [2.24, 2.45) is 5.10 Å². The maximum atomic E-state index is 13.7. The smallest absolute Gasteiger partial charge is 0.352 e. The molecule has 1 aliphatic rings. The Labute approximate surface area is 113 Å². The maximum Gasteiger partial charge on any atom is 0.352 e. The van der Waals surface area contributed by atoms with Crippen LogP contribution >= 0.6 is 0 Å². The first-order valence-electron chi connectivity index (χ1n) is 5.81. The van der Waals surface area contributed by atoms with Gasteiger partial charge in [0.2, 0.25) is 5.91 Å². The second-order valence-corrected chi connectivity index (χ2v) is 4.22. The molecule has 1 aliphatic heterocycles. The van der Waals surface area contributed by atoms with Crippen molar-refractivity contribution in [1.29, 1.82) is 5.26 Å². The fourth-order valence-corrected chi connectivity index (χ4v) is 1.79. The van der Waals surface area contributed by atoms with Crippen molar-refractivity contribution in [1.82, 2.24) is 5.01 Å². The van der Waals surface area contributed by atoms with E-state index in [1.807, 2.05) is 0 Å². The van der Waals surface area contributed by atoms with E-state index >= 15 is 0 Å². The van der Waals surface area contributed by atoms with E-state index in [1.54, 1.807) is 6.07 Å². The van der Waals surface area contributed by atoms with Crippen molar-refractivity contribution in [3.05, 3.63) is 35.1 Å². The summed E-state index contributed by atoms with van der Waals surface area (Å²) in [7, 11) is 0. The largest absolute Gasteiger partial charge is 0.477 e. The fraction of sp³-hybridized carbons (Fsp3) is 0.231. The van der Waals surface area contributed by atoms with Gasteiger partial charge in [-0.05, 0) is 12.1 Å². The van der Waals surface area contributed by atoms with E-state index in [0.29, 0.717) is 0 Å². The van der Waals surface area contributed by atoms with Gasteiger partial charge in [-0.2, -0.15) is 10.4 Å². The number of carboxylic acids is 1. The Balaban J connectivity index is 2.24. The van der Waals surface area contributed by atoms with Crippen LogP contribution in [0.3, 0.4) is 0 Å². The summed E-state index contributed by atoms with van der Waals surface area (Å²) in [4.78, 5) is 22.5. The normalized spacial score (nSPS) is 14.7. The zero-order valence-electron chi connectivity index (χ0n) is 10.3. The minimum Gasteiger partial charge on any atom is -0.477 e. The van der Waals surface area contributed by atoms with E-state index < -0.39 is 11.8 Å². The van der Waals surface area contributed by atoms with Gasteiger partial charge in [-0.25, -0.2) is 14.2 Å². The standard InChI is InChI=1S/C13H10FN3O3/c14-10-5-8(6-15)1-2-9(10)7-17-12(18)4-3-11(16-17)13(19)20/h1-2,5H,3-4,7H2,(H,19,20). The number of hydrogen-bond donors (Lipinski definition) is 1. The number of aliphatic carboxylic acids is 1. The highest BCUT2D eigenvalue weighted by atomic mass is 19.1. The van der Waals surface area contributed by atoms with E-state index in [-0.39, 0.29) is 42.1 Å². The van der Waals surface area contributed by atoms with Crippen LogP contribution in [0.4, 0.5) is 4.39 Å². The third kappa shape index (κ3) is 2.80. The highest BCUT2D eigenvalue weighted by Crippen LogP contribution is 2.17. The van der Waals surface area contributed by atoms with Crippen LogP contribution in [0, 0.1) is 17.1 Å². The molecule has 20 heavy (non-hydrogen) atoms. The molecule has 2 rings (SSSR count). The first kappa shape index (κ1) is 13.7. The molecule has 0 aliphatic carbocycles. The van der Waals surface area contributed by atoms with E-state index in [9.17, 15) is 14.0 Å². The second kappa shape index (κ2) is 5.48. The van der Waals surface area contributed by atoms with Crippen LogP contribution in [0.2, 0.25) is 0 Å². The van der Waals surface area contributed by atoms with Crippen molar-refractivity contribution < 1.29 is 19.1 Å². The Hall–Kier alpha value is -2.75. The topological polar surface area (TPSA) is 93.8 Å². The van der Waals surface area contributed by atoms with Gasteiger partial charge in [-0.3, -0.25) is 4.79 Å². The molecule has 1 amide bonds. The predicted molar refractivity (Wildman–Crippen MR) is 66.0 cm³/mol. The Morgan fingerprint density at radius 3 is 2.85 bits per heavy atom. The fourth-order valence-electron chi connectivity index (χ4n) is 1.79. The molecule has 0 saturated heterocycles. The molecular formula is C13H10FN3O3. The lowest BCUT2D eigenvalue weighted by Crippen LogP contribution is -2.34. The predicted octanol–water partition coefficient (Wildman–Crippen LogP) is 1.26. The van der Waals surface area contributed by atoms with E-state index in [4.69, 9.17) is 10.4 Å². The third-order valence-electron chi connectivity index (χ3n) is 2.85. The van der Waals surface area contributed by atoms with Crippen molar-refractivity contribution in [3.63, 3.8) is 0 Å². The van der Waals surface area contributed by atoms with Gasteiger partial charge in [0.25, 0.3) is 0 Å². The van der Waals surface area contributed by atoms with Gasteiger partial charge >= 0.3 is 5.97 Å². The molecule has 1 N–H and O–H groups in total. The molecule has 0 unspecified atom stereocenters. The molecule has 0 bridgehead atoms. The van der Waals surface area contributed by atoms with Crippen LogP contribution in [0.15, 0.2) is 23.3 Å². The summed E-state index contributed by atoms with van der Waals surface area (Å²) in [6.07, 6.45) is 0.101. The average Bonchev–Trinajstić information content (AvgIpc) is 2.42. The highest BCUT2D eigenvalue weighted by molar-refractivity contribution is 6.36. The first-order valence-corrected chi connectivity index (χ1v) is 5.81. The Bertz CT molecular complexity index is 649. The van der Waals surface area contributed by atoms with Gasteiger partial charge in [-0.1, -0.05) is 6.07 Å². The van der Waals surface area contributed by atoms with Crippen molar-refractivity contribution in [2.75, 3.05) is 0 Å². The van der Waals surface area contributed by atoms with Crippen LogP contribution in [-0.2, 0) is 16.1 Å². The highest BCUT2D eigenvalue weighted by Gasteiger charge is 2.24. The lowest BCUT2D eigenvalue weighted by atomic mass is 10.1. The second-order valence-electron chi connectivity index (χ2n) is 4.22. The van der Waals surface area contributed by atoms with E-state index in [1.165, 1.54) is 12.1 Å². The molecule has 1 aromatic carbocycles. The lowest BCUT2D eigenvalue weighted by molar-refractivity contribution is -0.133. The maximum absolute atomic E-state index is 13.7. The number of rotatable bonds is 3. The molecule has 0 saturated carbocycles. The molecule has 102 valence electrons. The number of halogens is 1. The Morgan fingerprint density at radius 1 is 1.50 bits per heavy atom. The number of carboxylic acid groups (broad SMARTS) is 1. The quantitative estimate of drug-likeness (QED) is 0.898. The molecule has 0 fully saturated rings. The van der Waals surface area contributed by atoms with Crippen LogP contribution in [0.1, 0.15) is 24.0 Å². The number of benzene rings is 1. The summed E-state index contributed by atoms with van der Waals surface area (Å²) in [5.41, 5.74) is 0.220. The molecule has 7 heteroatoms. The van der Waals surface area contributed by atoms with E-state index in [0.717, 1.165) is 11.1 Å². The summed E-state index contributed by atoms with van der Waals surface area (Å²) in [5.74, 6) is -2.18. The molecule has 0 radical (unpaired) electrons. The average molecular weight is 275 g/mol. The van der Waals surface area contributed by atoms with Gasteiger partial charge in [0.15, 0.2) is 0 Å². The summed E-state index contributed by atoms with van der Waals surface area (Å²) in [6, 6.07) is 5.67. The zero-order chi connectivity index (χ0) is 14.7. The Morgan fingerprint density at radius 2 is 2.25 bits per heavy atom. The number of carbonyl (C=O) groups is 2. The van der Waals surface area contributed by atoms with Crippen molar-refractivity contribution >= 4 is 17.6 Å². The number of hydrogen-bond acceptors (Lipinski definition) is 4. The number of carbonyl (C=O) groups excluding carboxylic acids is 1. The van der Waals surface area contributed by atoms with Crippen LogP contribution in [0.25, 0.3) is 0 Å². The zero-order valence-corrected chi connectivity index (χ0v) is 10.3. The molecular weight excluding hydrogens is 265 g/mol. The monoisotopic (exact) mass is 275 g/mol. The summed E-state index contributed by atoms with van der Waals surface area (Å²) in [5, 5.41) is 22.1. The molecule has 1 aromatic rings. The van der Waals surface area contributed by atoms with Gasteiger partial charge in [0, 0.05) is 18.4 Å². The van der Waals surface area contributed by atoms with Gasteiger partial charge in [0.05, 0.1) is 18.2 Å². The third-order valence-corrected chi connectivity index (χ3v) is 2.85. The minimum absolute atomic E-state index is 0.0308. The molecule has 0 atom stereocenters. The van der Waals surface area contributed by atoms with Crippen LogP contribution in [0.5, 0.6) is 0 Å². The van der Waals surface area contributed by atoms with Gasteiger partial charge in [0.1, 0.15) is 11.5 Å².